The summed E-state index contributed by atoms with van der Waals surface area (Å²) in [7, 11) is -3.80. The summed E-state index contributed by atoms with van der Waals surface area (Å²) in [6.45, 7) is 3.06. The van der Waals surface area contributed by atoms with Crippen molar-refractivity contribution in [1.82, 2.24) is 24.5 Å². The zero-order valence-corrected chi connectivity index (χ0v) is 23.0. The fourth-order valence-corrected chi connectivity index (χ4v) is 5.67. The Labute approximate surface area is 230 Å². The van der Waals surface area contributed by atoms with Gasteiger partial charge in [-0.05, 0) is 66.9 Å². The molecule has 2 heterocycles. The molecule has 0 amide bonds. The van der Waals surface area contributed by atoms with Crippen LogP contribution in [0, 0.1) is 19.7 Å². The maximum atomic E-state index is 15.0. The van der Waals surface area contributed by atoms with Gasteiger partial charge in [0.25, 0.3) is 0 Å². The van der Waals surface area contributed by atoms with Crippen LogP contribution in [-0.2, 0) is 22.9 Å². The van der Waals surface area contributed by atoms with Crippen LogP contribution in [0.2, 0.25) is 5.02 Å². The average Bonchev–Trinajstić information content (AvgIpc) is 3.49. The number of aliphatic hydroxyl groups is 1. The average molecular weight is 566 g/mol. The number of aryl methyl sites for hydroxylation is 2. The highest BCUT2D eigenvalue weighted by molar-refractivity contribution is 7.90. The van der Waals surface area contributed by atoms with Crippen LogP contribution in [0.4, 0.5) is 4.39 Å². The molecule has 8 nitrogen and oxygen atoms in total. The number of hydrogen-bond donors (Lipinski definition) is 1. The summed E-state index contributed by atoms with van der Waals surface area (Å²) in [5.41, 5.74) is 4.68. The van der Waals surface area contributed by atoms with Gasteiger partial charge in [0.05, 0.1) is 40.5 Å². The van der Waals surface area contributed by atoms with Crippen LogP contribution in [-0.4, -0.2) is 44.3 Å². The fraction of sp³-hybridized carbons (Fsp3) is 0.179. The second-order valence-electron chi connectivity index (χ2n) is 9.31. The van der Waals surface area contributed by atoms with E-state index in [-0.39, 0.29) is 10.5 Å². The standard InChI is InChI=1S/C28H25ClFN5O3S/c1-17-15-34(18(2)32-17)26-9-6-20(21-11-25(30)24(16-36)28(13-21)39(3,37)38)12-27(26)35-23(14-31-33-35)10-19-4-7-22(29)8-5-19/h4-9,11-15,36H,10,16H2,1-3H3. The van der Waals surface area contributed by atoms with Crippen LogP contribution in [0.3, 0.4) is 0 Å². The molecule has 0 fully saturated rings. The normalized spacial score (nSPS) is 11.7. The molecule has 11 heteroatoms. The molecule has 0 saturated carbocycles. The van der Waals surface area contributed by atoms with Crippen molar-refractivity contribution in [1.29, 1.82) is 0 Å². The molecule has 0 aliphatic carbocycles. The van der Waals surface area contributed by atoms with Crippen molar-refractivity contribution in [3.8, 4) is 22.5 Å². The monoisotopic (exact) mass is 565 g/mol. The predicted octanol–water partition coefficient (Wildman–Crippen LogP) is 5.02. The minimum atomic E-state index is -3.80. The number of benzene rings is 3. The van der Waals surface area contributed by atoms with Gasteiger partial charge in [0.15, 0.2) is 9.84 Å². The summed E-state index contributed by atoms with van der Waals surface area (Å²) < 4.78 is 43.4. The lowest BCUT2D eigenvalue weighted by Crippen LogP contribution is -2.09. The smallest absolute Gasteiger partial charge is 0.176 e. The molecule has 5 rings (SSSR count). The largest absolute Gasteiger partial charge is 0.392 e. The molecule has 39 heavy (non-hydrogen) atoms. The number of rotatable bonds is 7. The van der Waals surface area contributed by atoms with E-state index in [2.05, 4.69) is 15.3 Å². The lowest BCUT2D eigenvalue weighted by Gasteiger charge is -2.17. The maximum Gasteiger partial charge on any atom is 0.176 e. The first-order valence-corrected chi connectivity index (χ1v) is 14.3. The van der Waals surface area contributed by atoms with Crippen molar-refractivity contribution in [2.45, 2.75) is 31.8 Å². The number of hydrogen-bond acceptors (Lipinski definition) is 6. The van der Waals surface area contributed by atoms with Gasteiger partial charge in [0.1, 0.15) is 11.6 Å². The van der Waals surface area contributed by atoms with E-state index in [4.69, 9.17) is 11.6 Å². The molecule has 5 aromatic rings. The van der Waals surface area contributed by atoms with E-state index in [0.29, 0.717) is 28.3 Å². The lowest BCUT2D eigenvalue weighted by atomic mass is 10.0. The number of aromatic nitrogens is 5. The molecule has 2 aromatic heterocycles. The van der Waals surface area contributed by atoms with Gasteiger partial charge in [-0.15, -0.1) is 5.10 Å². The van der Waals surface area contributed by atoms with Gasteiger partial charge in [-0.2, -0.15) is 0 Å². The highest BCUT2D eigenvalue weighted by Crippen LogP contribution is 2.32. The van der Waals surface area contributed by atoms with Crippen molar-refractivity contribution >= 4 is 21.4 Å². The third-order valence-corrected chi connectivity index (χ3v) is 7.84. The van der Waals surface area contributed by atoms with Gasteiger partial charge >= 0.3 is 0 Å². The van der Waals surface area contributed by atoms with Crippen LogP contribution < -0.4 is 0 Å². The zero-order chi connectivity index (χ0) is 27.9. The highest BCUT2D eigenvalue weighted by Gasteiger charge is 2.21. The fourth-order valence-electron chi connectivity index (χ4n) is 4.59. The highest BCUT2D eigenvalue weighted by atomic mass is 35.5. The summed E-state index contributed by atoms with van der Waals surface area (Å²) in [5.74, 6) is -0.0371. The molecular formula is C28H25ClFN5O3S. The first kappa shape index (κ1) is 26.7. The summed E-state index contributed by atoms with van der Waals surface area (Å²) in [6.07, 6.45) is 5.09. The van der Waals surface area contributed by atoms with Gasteiger partial charge in [-0.3, -0.25) is 0 Å². The van der Waals surface area contributed by atoms with E-state index in [0.717, 1.165) is 34.7 Å². The Morgan fingerprint density at radius 3 is 2.38 bits per heavy atom. The molecule has 0 bridgehead atoms. The number of aliphatic hydroxyl groups excluding tert-OH is 1. The van der Waals surface area contributed by atoms with E-state index >= 15 is 0 Å². The van der Waals surface area contributed by atoms with Crippen molar-refractivity contribution in [2.24, 2.45) is 0 Å². The Morgan fingerprint density at radius 1 is 1.00 bits per heavy atom. The Morgan fingerprint density at radius 2 is 1.74 bits per heavy atom. The molecule has 0 unspecified atom stereocenters. The Bertz CT molecular complexity index is 1800. The molecule has 0 aliphatic heterocycles. The Kier molecular flexibility index (Phi) is 7.11. The van der Waals surface area contributed by atoms with Gasteiger partial charge in [0, 0.05) is 29.5 Å². The molecule has 200 valence electrons. The molecule has 0 spiro atoms. The number of halogens is 2. The van der Waals surface area contributed by atoms with Crippen molar-refractivity contribution < 1.29 is 17.9 Å². The van der Waals surface area contributed by atoms with E-state index in [1.54, 1.807) is 16.9 Å². The second kappa shape index (κ2) is 10.4. The van der Waals surface area contributed by atoms with Gasteiger partial charge in [0.2, 0.25) is 0 Å². The maximum absolute atomic E-state index is 15.0. The first-order valence-electron chi connectivity index (χ1n) is 12.0. The third-order valence-electron chi connectivity index (χ3n) is 6.43. The minimum absolute atomic E-state index is 0.254. The number of sulfone groups is 1. The summed E-state index contributed by atoms with van der Waals surface area (Å²) in [5, 5.41) is 18.8. The van der Waals surface area contributed by atoms with E-state index in [9.17, 15) is 17.9 Å². The van der Waals surface area contributed by atoms with E-state index in [1.165, 1.54) is 12.1 Å². The van der Waals surface area contributed by atoms with Crippen LogP contribution in [0.5, 0.6) is 0 Å². The van der Waals surface area contributed by atoms with Crippen molar-refractivity contribution in [3.63, 3.8) is 0 Å². The predicted molar refractivity (Wildman–Crippen MR) is 147 cm³/mol. The lowest BCUT2D eigenvalue weighted by molar-refractivity contribution is 0.272. The minimum Gasteiger partial charge on any atom is -0.392 e. The third kappa shape index (κ3) is 5.36. The van der Waals surface area contributed by atoms with Crippen LogP contribution in [0.15, 0.2) is 71.9 Å². The second-order valence-corrected chi connectivity index (χ2v) is 11.7. The molecule has 0 saturated heterocycles. The van der Waals surface area contributed by atoms with Gasteiger partial charge < -0.3 is 9.67 Å². The quantitative estimate of drug-likeness (QED) is 0.297. The van der Waals surface area contributed by atoms with Gasteiger partial charge in [-0.1, -0.05) is 35.0 Å². The molecule has 3 aromatic carbocycles. The summed E-state index contributed by atoms with van der Waals surface area (Å²) in [6, 6.07) is 15.5. The molecule has 1 N–H and O–H groups in total. The van der Waals surface area contributed by atoms with Crippen LogP contribution >= 0.6 is 11.6 Å². The number of imidazole rings is 1. The molecular weight excluding hydrogens is 541 g/mol. The van der Waals surface area contributed by atoms with Crippen molar-refractivity contribution in [3.05, 3.63) is 106 Å². The van der Waals surface area contributed by atoms with E-state index in [1.807, 2.05) is 61.0 Å². The topological polar surface area (TPSA) is 103 Å². The SMILES string of the molecule is Cc1cn(-c2ccc(-c3cc(F)c(CO)c(S(C)(=O)=O)c3)cc2-n2nncc2Cc2ccc(Cl)cc2)c(C)n1. The zero-order valence-electron chi connectivity index (χ0n) is 21.4. The van der Waals surface area contributed by atoms with Crippen molar-refractivity contribution in [2.75, 3.05) is 6.26 Å². The number of nitrogens with zero attached hydrogens (tertiary/aromatic N) is 5. The molecule has 0 radical (unpaired) electrons. The molecule has 0 aliphatic rings. The Hall–Kier alpha value is -3.86. The summed E-state index contributed by atoms with van der Waals surface area (Å²) in [4.78, 5) is 4.27. The summed E-state index contributed by atoms with van der Waals surface area (Å²) >= 11 is 6.05. The van der Waals surface area contributed by atoms with Gasteiger partial charge in [-0.25, -0.2) is 22.5 Å². The molecule has 0 atom stereocenters. The van der Waals surface area contributed by atoms with Crippen LogP contribution in [0.25, 0.3) is 22.5 Å². The first-order chi connectivity index (χ1) is 18.5. The Balaban J connectivity index is 1.71. The van der Waals surface area contributed by atoms with Crippen LogP contribution in [0.1, 0.15) is 28.3 Å². The van der Waals surface area contributed by atoms with E-state index < -0.39 is 22.3 Å².